The maximum atomic E-state index is 10.8. The van der Waals surface area contributed by atoms with E-state index in [0.29, 0.717) is 13.1 Å². The van der Waals surface area contributed by atoms with Gasteiger partial charge >= 0.3 is 6.09 Å². The van der Waals surface area contributed by atoms with Crippen molar-refractivity contribution in [2.24, 2.45) is 0 Å². The summed E-state index contributed by atoms with van der Waals surface area (Å²) in [6, 6.07) is 8.19. The number of carboxylic acid groups (broad SMARTS) is 1. The number of nitrogens with zero attached hydrogens (tertiary/aromatic N) is 1. The van der Waals surface area contributed by atoms with Crippen LogP contribution >= 0.6 is 0 Å². The first-order valence-corrected chi connectivity index (χ1v) is 4.82. The van der Waals surface area contributed by atoms with Crippen molar-refractivity contribution in [1.82, 2.24) is 4.90 Å². The van der Waals surface area contributed by atoms with Crippen molar-refractivity contribution in [2.75, 3.05) is 13.1 Å². The average molecular weight is 191 g/mol. The van der Waals surface area contributed by atoms with Gasteiger partial charge in [0.2, 0.25) is 0 Å². The highest BCUT2D eigenvalue weighted by Crippen LogP contribution is 2.15. The Morgan fingerprint density at radius 2 is 1.64 bits per heavy atom. The first-order valence-electron chi connectivity index (χ1n) is 4.82. The number of fused-ring (bicyclic) bond motifs is 1. The van der Waals surface area contributed by atoms with Crippen LogP contribution in [-0.2, 0) is 12.8 Å². The van der Waals surface area contributed by atoms with Crippen LogP contribution in [0.2, 0.25) is 0 Å². The van der Waals surface area contributed by atoms with Crippen LogP contribution in [0.3, 0.4) is 0 Å². The average Bonchev–Trinajstić information content (AvgIpc) is 2.39. The summed E-state index contributed by atoms with van der Waals surface area (Å²) in [6.45, 7) is 1.23. The van der Waals surface area contributed by atoms with Gasteiger partial charge in [-0.25, -0.2) is 4.79 Å². The summed E-state index contributed by atoms with van der Waals surface area (Å²) in [5.41, 5.74) is 2.58. The highest BCUT2D eigenvalue weighted by atomic mass is 16.4. The van der Waals surface area contributed by atoms with E-state index in [2.05, 4.69) is 12.1 Å². The van der Waals surface area contributed by atoms with Crippen LogP contribution < -0.4 is 0 Å². The Bertz CT molecular complexity index is 322. The largest absolute Gasteiger partial charge is 0.465 e. The smallest absolute Gasteiger partial charge is 0.407 e. The Kier molecular flexibility index (Phi) is 2.39. The zero-order valence-electron chi connectivity index (χ0n) is 7.94. The van der Waals surface area contributed by atoms with Gasteiger partial charge in [0.25, 0.3) is 0 Å². The third-order valence-corrected chi connectivity index (χ3v) is 2.69. The van der Waals surface area contributed by atoms with Gasteiger partial charge in [-0.2, -0.15) is 0 Å². The molecular formula is C11H13NO2. The molecule has 1 amide bonds. The lowest BCUT2D eigenvalue weighted by Crippen LogP contribution is -2.31. The summed E-state index contributed by atoms with van der Waals surface area (Å²) in [6.07, 6.45) is 0.864. The van der Waals surface area contributed by atoms with Gasteiger partial charge in [-0.1, -0.05) is 24.3 Å². The molecule has 0 spiro atoms. The van der Waals surface area contributed by atoms with Gasteiger partial charge in [0.15, 0.2) is 0 Å². The zero-order valence-corrected chi connectivity index (χ0v) is 7.94. The highest BCUT2D eigenvalue weighted by molar-refractivity contribution is 5.65. The number of benzene rings is 1. The standard InChI is InChI=1S/C11H13NO2/c13-11(14)12-7-5-9-3-1-2-4-10(9)6-8-12/h1-4H,5-8H2,(H,13,14). The molecule has 0 unspecified atom stereocenters. The quantitative estimate of drug-likeness (QED) is 0.678. The molecule has 3 heteroatoms. The normalized spacial score (nSPS) is 15.9. The van der Waals surface area contributed by atoms with Crippen molar-refractivity contribution in [3.63, 3.8) is 0 Å². The third-order valence-electron chi connectivity index (χ3n) is 2.69. The lowest BCUT2D eigenvalue weighted by atomic mass is 10.0. The molecule has 0 fully saturated rings. The predicted molar refractivity (Wildman–Crippen MR) is 53.4 cm³/mol. The molecule has 0 aromatic heterocycles. The van der Waals surface area contributed by atoms with Crippen LogP contribution in [0.5, 0.6) is 0 Å². The molecule has 0 atom stereocenters. The highest BCUT2D eigenvalue weighted by Gasteiger charge is 2.16. The van der Waals surface area contributed by atoms with Gasteiger partial charge in [0, 0.05) is 13.1 Å². The number of hydrogen-bond donors (Lipinski definition) is 1. The van der Waals surface area contributed by atoms with Gasteiger partial charge < -0.3 is 10.0 Å². The van der Waals surface area contributed by atoms with E-state index >= 15 is 0 Å². The second kappa shape index (κ2) is 3.70. The molecular weight excluding hydrogens is 178 g/mol. The number of rotatable bonds is 0. The molecule has 1 aliphatic rings. The summed E-state index contributed by atoms with van der Waals surface area (Å²) < 4.78 is 0. The molecule has 1 aromatic rings. The van der Waals surface area contributed by atoms with Crippen molar-refractivity contribution in [2.45, 2.75) is 12.8 Å². The minimum atomic E-state index is -0.808. The minimum Gasteiger partial charge on any atom is -0.465 e. The zero-order chi connectivity index (χ0) is 9.97. The van der Waals surface area contributed by atoms with E-state index in [0.717, 1.165) is 12.8 Å². The Balaban J connectivity index is 2.18. The number of hydrogen-bond acceptors (Lipinski definition) is 1. The van der Waals surface area contributed by atoms with E-state index in [1.807, 2.05) is 12.1 Å². The fourth-order valence-corrected chi connectivity index (χ4v) is 1.86. The van der Waals surface area contributed by atoms with Crippen molar-refractivity contribution >= 4 is 6.09 Å². The summed E-state index contributed by atoms with van der Waals surface area (Å²) in [5, 5.41) is 8.87. The molecule has 0 bridgehead atoms. The summed E-state index contributed by atoms with van der Waals surface area (Å²) in [5.74, 6) is 0. The Morgan fingerprint density at radius 1 is 1.14 bits per heavy atom. The van der Waals surface area contributed by atoms with E-state index in [1.165, 1.54) is 16.0 Å². The van der Waals surface area contributed by atoms with Crippen molar-refractivity contribution in [1.29, 1.82) is 0 Å². The molecule has 1 aromatic carbocycles. The van der Waals surface area contributed by atoms with E-state index in [-0.39, 0.29) is 0 Å². The summed E-state index contributed by atoms with van der Waals surface area (Å²) in [4.78, 5) is 12.3. The molecule has 74 valence electrons. The van der Waals surface area contributed by atoms with Crippen LogP contribution in [-0.4, -0.2) is 29.2 Å². The molecule has 0 saturated carbocycles. The van der Waals surface area contributed by atoms with Gasteiger partial charge in [-0.05, 0) is 24.0 Å². The summed E-state index contributed by atoms with van der Waals surface area (Å²) >= 11 is 0. The Hall–Kier alpha value is -1.51. The fourth-order valence-electron chi connectivity index (χ4n) is 1.86. The second-order valence-corrected chi connectivity index (χ2v) is 3.54. The van der Waals surface area contributed by atoms with Crippen LogP contribution in [0.4, 0.5) is 4.79 Å². The van der Waals surface area contributed by atoms with Crippen molar-refractivity contribution in [3.8, 4) is 0 Å². The van der Waals surface area contributed by atoms with E-state index in [4.69, 9.17) is 5.11 Å². The molecule has 14 heavy (non-hydrogen) atoms. The van der Waals surface area contributed by atoms with Crippen molar-refractivity contribution in [3.05, 3.63) is 35.4 Å². The van der Waals surface area contributed by atoms with Crippen LogP contribution in [0, 0.1) is 0 Å². The monoisotopic (exact) mass is 191 g/mol. The molecule has 1 heterocycles. The minimum absolute atomic E-state index is 0.617. The number of carbonyl (C=O) groups is 1. The first kappa shape index (κ1) is 9.06. The van der Waals surface area contributed by atoms with Gasteiger partial charge in [0.05, 0.1) is 0 Å². The number of amides is 1. The fraction of sp³-hybridized carbons (Fsp3) is 0.364. The van der Waals surface area contributed by atoms with Crippen molar-refractivity contribution < 1.29 is 9.90 Å². The summed E-state index contributed by atoms with van der Waals surface area (Å²) in [7, 11) is 0. The van der Waals surface area contributed by atoms with Gasteiger partial charge in [-0.15, -0.1) is 0 Å². The molecule has 2 rings (SSSR count). The van der Waals surface area contributed by atoms with E-state index in [9.17, 15) is 4.79 Å². The Labute approximate surface area is 83.0 Å². The SMILES string of the molecule is O=C(O)N1CCc2ccccc2CC1. The van der Waals surface area contributed by atoms with Crippen LogP contribution in [0.25, 0.3) is 0 Å². The lowest BCUT2D eigenvalue weighted by Gasteiger charge is -2.14. The van der Waals surface area contributed by atoms with Gasteiger partial charge in [-0.3, -0.25) is 0 Å². The lowest BCUT2D eigenvalue weighted by molar-refractivity contribution is 0.147. The topological polar surface area (TPSA) is 40.5 Å². The molecule has 1 aliphatic heterocycles. The third kappa shape index (κ3) is 1.71. The van der Waals surface area contributed by atoms with E-state index in [1.54, 1.807) is 0 Å². The predicted octanol–water partition coefficient (Wildman–Crippen LogP) is 1.77. The molecule has 0 aliphatic carbocycles. The second-order valence-electron chi connectivity index (χ2n) is 3.54. The maximum Gasteiger partial charge on any atom is 0.407 e. The molecule has 0 saturated heterocycles. The molecule has 0 radical (unpaired) electrons. The molecule has 1 N–H and O–H groups in total. The van der Waals surface area contributed by atoms with Gasteiger partial charge in [0.1, 0.15) is 0 Å². The molecule has 3 nitrogen and oxygen atoms in total. The van der Waals surface area contributed by atoms with Crippen LogP contribution in [0.15, 0.2) is 24.3 Å². The van der Waals surface area contributed by atoms with Crippen LogP contribution in [0.1, 0.15) is 11.1 Å². The first-order chi connectivity index (χ1) is 6.77. The Morgan fingerprint density at radius 3 is 2.07 bits per heavy atom. The van der Waals surface area contributed by atoms with E-state index < -0.39 is 6.09 Å². The maximum absolute atomic E-state index is 10.8.